The third-order valence-electron chi connectivity index (χ3n) is 3.34. The van der Waals surface area contributed by atoms with Gasteiger partial charge < -0.3 is 0 Å². The van der Waals surface area contributed by atoms with Gasteiger partial charge in [-0.05, 0) is 52.0 Å². The van der Waals surface area contributed by atoms with Crippen molar-refractivity contribution >= 4 is 23.4 Å². The van der Waals surface area contributed by atoms with Crippen LogP contribution in [0.2, 0.25) is 5.02 Å². The van der Waals surface area contributed by atoms with Crippen molar-refractivity contribution < 1.29 is 9.59 Å². The number of hydrogen-bond donors (Lipinski definition) is 1. The standard InChI is InChI=1S/C18H20ClN3O2/c1-12-8-9-14(19)13(11-12)17(24)22(18(2,3)4)21-16(23)15-7-5-6-10-20-15/h5-11H,1-4H3,(H,21,23). The molecule has 0 spiro atoms. The molecular weight excluding hydrogens is 326 g/mol. The maximum absolute atomic E-state index is 12.9. The first-order valence-electron chi connectivity index (χ1n) is 7.53. The topological polar surface area (TPSA) is 62.3 Å². The molecule has 0 saturated carbocycles. The van der Waals surface area contributed by atoms with E-state index in [4.69, 9.17) is 11.6 Å². The molecule has 0 aliphatic heterocycles. The minimum atomic E-state index is -0.644. The first kappa shape index (κ1) is 17.9. The van der Waals surface area contributed by atoms with E-state index in [0.717, 1.165) is 5.56 Å². The number of hydrazine groups is 1. The molecule has 6 heteroatoms. The highest BCUT2D eigenvalue weighted by atomic mass is 35.5. The van der Waals surface area contributed by atoms with Crippen LogP contribution in [-0.2, 0) is 0 Å². The molecule has 1 N–H and O–H groups in total. The molecule has 126 valence electrons. The summed E-state index contributed by atoms with van der Waals surface area (Å²) in [5.41, 5.74) is 3.48. The van der Waals surface area contributed by atoms with Crippen LogP contribution in [0.15, 0.2) is 42.6 Å². The van der Waals surface area contributed by atoms with E-state index in [0.29, 0.717) is 10.6 Å². The predicted octanol–water partition coefficient (Wildman–Crippen LogP) is 3.63. The maximum Gasteiger partial charge on any atom is 0.288 e. The van der Waals surface area contributed by atoms with Crippen LogP contribution in [0.1, 0.15) is 47.2 Å². The second-order valence-corrected chi connectivity index (χ2v) is 6.86. The summed E-state index contributed by atoms with van der Waals surface area (Å²) < 4.78 is 0. The summed E-state index contributed by atoms with van der Waals surface area (Å²) in [7, 11) is 0. The van der Waals surface area contributed by atoms with E-state index in [1.165, 1.54) is 11.2 Å². The van der Waals surface area contributed by atoms with Gasteiger partial charge in [-0.2, -0.15) is 0 Å². The Hall–Kier alpha value is -2.40. The number of carbonyl (C=O) groups is 2. The molecule has 5 nitrogen and oxygen atoms in total. The molecule has 0 unspecified atom stereocenters. The number of aryl methyl sites for hydroxylation is 1. The summed E-state index contributed by atoms with van der Waals surface area (Å²) in [6.07, 6.45) is 1.52. The van der Waals surface area contributed by atoms with Crippen molar-refractivity contribution in [2.45, 2.75) is 33.2 Å². The van der Waals surface area contributed by atoms with Crippen molar-refractivity contribution in [3.8, 4) is 0 Å². The minimum absolute atomic E-state index is 0.231. The number of nitrogens with zero attached hydrogens (tertiary/aromatic N) is 2. The molecule has 1 aromatic carbocycles. The monoisotopic (exact) mass is 345 g/mol. The summed E-state index contributed by atoms with van der Waals surface area (Å²) in [4.78, 5) is 29.3. The molecule has 0 saturated heterocycles. The Balaban J connectivity index is 2.34. The van der Waals surface area contributed by atoms with Crippen LogP contribution >= 0.6 is 11.6 Å². The molecule has 0 aliphatic rings. The van der Waals surface area contributed by atoms with Crippen LogP contribution in [0.5, 0.6) is 0 Å². The highest BCUT2D eigenvalue weighted by molar-refractivity contribution is 6.33. The lowest BCUT2D eigenvalue weighted by Gasteiger charge is -2.35. The molecule has 1 aromatic heterocycles. The van der Waals surface area contributed by atoms with Crippen molar-refractivity contribution in [1.82, 2.24) is 15.4 Å². The van der Waals surface area contributed by atoms with Gasteiger partial charge in [-0.3, -0.25) is 20.0 Å². The highest BCUT2D eigenvalue weighted by Gasteiger charge is 2.31. The van der Waals surface area contributed by atoms with E-state index in [1.54, 1.807) is 30.3 Å². The zero-order valence-electron chi connectivity index (χ0n) is 14.1. The van der Waals surface area contributed by atoms with Gasteiger partial charge in [0, 0.05) is 6.20 Å². The molecule has 1 heterocycles. The lowest BCUT2D eigenvalue weighted by atomic mass is 10.1. The average molecular weight is 346 g/mol. The van der Waals surface area contributed by atoms with Gasteiger partial charge in [0.1, 0.15) is 5.69 Å². The van der Waals surface area contributed by atoms with Gasteiger partial charge in [-0.25, -0.2) is 5.01 Å². The smallest absolute Gasteiger partial charge is 0.267 e. The Morgan fingerprint density at radius 3 is 2.46 bits per heavy atom. The molecule has 24 heavy (non-hydrogen) atoms. The van der Waals surface area contributed by atoms with E-state index in [2.05, 4.69) is 10.4 Å². The predicted molar refractivity (Wildman–Crippen MR) is 93.8 cm³/mol. The molecule has 2 rings (SSSR count). The molecule has 0 atom stereocenters. The van der Waals surface area contributed by atoms with Gasteiger partial charge in [-0.15, -0.1) is 0 Å². The SMILES string of the molecule is Cc1ccc(Cl)c(C(=O)N(NC(=O)c2ccccn2)C(C)(C)C)c1. The third-order valence-corrected chi connectivity index (χ3v) is 3.67. The minimum Gasteiger partial charge on any atom is -0.267 e. The fourth-order valence-corrected chi connectivity index (χ4v) is 2.30. The number of pyridine rings is 1. The van der Waals surface area contributed by atoms with Crippen molar-refractivity contribution in [3.05, 3.63) is 64.4 Å². The second-order valence-electron chi connectivity index (χ2n) is 6.45. The van der Waals surface area contributed by atoms with Crippen molar-refractivity contribution in [1.29, 1.82) is 0 Å². The van der Waals surface area contributed by atoms with Crippen LogP contribution in [0.3, 0.4) is 0 Å². The van der Waals surface area contributed by atoms with E-state index < -0.39 is 11.4 Å². The van der Waals surface area contributed by atoms with Gasteiger partial charge in [-0.1, -0.05) is 29.3 Å². The Morgan fingerprint density at radius 1 is 1.17 bits per heavy atom. The number of benzene rings is 1. The van der Waals surface area contributed by atoms with E-state index in [9.17, 15) is 9.59 Å². The number of nitrogens with one attached hydrogen (secondary N) is 1. The maximum atomic E-state index is 12.9. The molecule has 2 aromatic rings. The number of halogens is 1. The van der Waals surface area contributed by atoms with Crippen LogP contribution in [0.25, 0.3) is 0 Å². The largest absolute Gasteiger partial charge is 0.288 e. The summed E-state index contributed by atoms with van der Waals surface area (Å²) in [5.74, 6) is -0.830. The van der Waals surface area contributed by atoms with Gasteiger partial charge in [0.2, 0.25) is 0 Å². The average Bonchev–Trinajstić information content (AvgIpc) is 2.53. The zero-order chi connectivity index (χ0) is 17.9. The van der Waals surface area contributed by atoms with Gasteiger partial charge in [0.05, 0.1) is 16.1 Å². The Labute approximate surface area is 146 Å². The highest BCUT2D eigenvalue weighted by Crippen LogP contribution is 2.22. The molecule has 0 radical (unpaired) electrons. The van der Waals surface area contributed by atoms with Crippen LogP contribution in [0, 0.1) is 6.92 Å². The number of carbonyl (C=O) groups excluding carboxylic acids is 2. The molecule has 0 aliphatic carbocycles. The molecule has 0 bridgehead atoms. The number of amides is 2. The number of rotatable bonds is 2. The lowest BCUT2D eigenvalue weighted by molar-refractivity contribution is 0.0357. The summed E-state index contributed by atoms with van der Waals surface area (Å²) in [5, 5.41) is 1.62. The third kappa shape index (κ3) is 4.11. The zero-order valence-corrected chi connectivity index (χ0v) is 14.9. The van der Waals surface area contributed by atoms with E-state index in [1.807, 2.05) is 33.8 Å². The van der Waals surface area contributed by atoms with Crippen LogP contribution in [0.4, 0.5) is 0 Å². The number of hydrogen-bond acceptors (Lipinski definition) is 3. The lowest BCUT2D eigenvalue weighted by Crippen LogP contribution is -2.56. The Kier molecular flexibility index (Phi) is 5.24. The normalized spacial score (nSPS) is 11.0. The Morgan fingerprint density at radius 2 is 1.88 bits per heavy atom. The molecule has 0 fully saturated rings. The summed E-state index contributed by atoms with van der Waals surface area (Å²) in [6.45, 7) is 7.36. The van der Waals surface area contributed by atoms with Gasteiger partial charge in [0.15, 0.2) is 0 Å². The molecular formula is C18H20ClN3O2. The summed E-state index contributed by atoms with van der Waals surface area (Å²) >= 11 is 6.17. The van der Waals surface area contributed by atoms with Crippen molar-refractivity contribution in [2.24, 2.45) is 0 Å². The van der Waals surface area contributed by atoms with Crippen LogP contribution < -0.4 is 5.43 Å². The van der Waals surface area contributed by atoms with E-state index in [-0.39, 0.29) is 11.6 Å². The van der Waals surface area contributed by atoms with Crippen LogP contribution in [-0.4, -0.2) is 27.3 Å². The fraction of sp³-hybridized carbons (Fsp3) is 0.278. The van der Waals surface area contributed by atoms with E-state index >= 15 is 0 Å². The molecule has 2 amide bonds. The first-order chi connectivity index (χ1) is 11.2. The number of aromatic nitrogens is 1. The first-order valence-corrected chi connectivity index (χ1v) is 7.90. The van der Waals surface area contributed by atoms with Gasteiger partial charge in [0.25, 0.3) is 11.8 Å². The van der Waals surface area contributed by atoms with Crippen molar-refractivity contribution in [2.75, 3.05) is 0 Å². The summed E-state index contributed by atoms with van der Waals surface area (Å²) in [6, 6.07) is 10.2. The van der Waals surface area contributed by atoms with Gasteiger partial charge >= 0.3 is 0 Å². The quantitative estimate of drug-likeness (QED) is 0.845. The van der Waals surface area contributed by atoms with Crippen molar-refractivity contribution in [3.63, 3.8) is 0 Å². The second kappa shape index (κ2) is 7.01. The fourth-order valence-electron chi connectivity index (χ4n) is 2.10. The Bertz CT molecular complexity index is 755.